The summed E-state index contributed by atoms with van der Waals surface area (Å²) >= 11 is 1.68. The van der Waals surface area contributed by atoms with Gasteiger partial charge in [-0.05, 0) is 55.0 Å². The average molecular weight is 496 g/mol. The SMILES string of the molecule is CCCNC(=O)[C@@H]1[C@H]2C(=O)N(CCCCO)C(C(=O)Nc3ccc4ccccc4c3)C23CC[C@H]1S3. The number of rotatable bonds is 9. The average Bonchev–Trinajstić information content (AvgIpc) is 3.50. The van der Waals surface area contributed by atoms with Crippen molar-refractivity contribution in [1.29, 1.82) is 0 Å². The summed E-state index contributed by atoms with van der Waals surface area (Å²) in [5, 5.41) is 17.6. The molecular formula is C27H33N3O4S. The van der Waals surface area contributed by atoms with Crippen molar-refractivity contribution in [2.75, 3.05) is 25.0 Å². The number of benzene rings is 2. The third kappa shape index (κ3) is 4.10. The van der Waals surface area contributed by atoms with Crippen molar-refractivity contribution in [3.63, 3.8) is 0 Å². The van der Waals surface area contributed by atoms with E-state index in [1.165, 1.54) is 0 Å². The van der Waals surface area contributed by atoms with Crippen molar-refractivity contribution in [3.05, 3.63) is 42.5 Å². The lowest BCUT2D eigenvalue weighted by atomic mass is 9.70. The maximum atomic E-state index is 13.8. The molecular weight excluding hydrogens is 462 g/mol. The molecule has 186 valence electrons. The van der Waals surface area contributed by atoms with Crippen LogP contribution in [0.1, 0.15) is 39.0 Å². The van der Waals surface area contributed by atoms with E-state index in [1.807, 2.05) is 49.4 Å². The Bertz CT molecular complexity index is 1140. The second-order valence-corrected chi connectivity index (χ2v) is 11.5. The molecule has 0 saturated carbocycles. The van der Waals surface area contributed by atoms with Gasteiger partial charge in [0.15, 0.2) is 0 Å². The monoisotopic (exact) mass is 495 g/mol. The fraction of sp³-hybridized carbons (Fsp3) is 0.519. The molecule has 3 N–H and O–H groups in total. The first kappa shape index (κ1) is 24.1. The minimum atomic E-state index is -0.635. The van der Waals surface area contributed by atoms with Gasteiger partial charge in [0.1, 0.15) is 6.04 Å². The van der Waals surface area contributed by atoms with Gasteiger partial charge in [-0.25, -0.2) is 0 Å². The Morgan fingerprint density at radius 2 is 1.94 bits per heavy atom. The quantitative estimate of drug-likeness (QED) is 0.464. The molecule has 2 aromatic rings. The van der Waals surface area contributed by atoms with Crippen molar-refractivity contribution in [2.24, 2.45) is 11.8 Å². The van der Waals surface area contributed by atoms with Crippen LogP contribution in [0.3, 0.4) is 0 Å². The molecule has 5 atom stereocenters. The zero-order valence-corrected chi connectivity index (χ0v) is 20.9. The molecule has 3 fully saturated rings. The Kier molecular flexibility index (Phi) is 6.77. The first-order valence-electron chi connectivity index (χ1n) is 12.7. The molecule has 0 radical (unpaired) electrons. The number of hydrogen-bond donors (Lipinski definition) is 3. The van der Waals surface area contributed by atoms with Crippen LogP contribution in [0.5, 0.6) is 0 Å². The van der Waals surface area contributed by atoms with Crippen molar-refractivity contribution in [3.8, 4) is 0 Å². The highest BCUT2D eigenvalue weighted by atomic mass is 32.2. The van der Waals surface area contributed by atoms with Crippen LogP contribution in [0, 0.1) is 11.8 Å². The number of nitrogens with one attached hydrogen (secondary N) is 2. The molecule has 3 amide bonds. The van der Waals surface area contributed by atoms with E-state index in [1.54, 1.807) is 16.7 Å². The molecule has 3 heterocycles. The van der Waals surface area contributed by atoms with Crippen LogP contribution in [0.15, 0.2) is 42.5 Å². The van der Waals surface area contributed by atoms with Gasteiger partial charge in [-0.2, -0.15) is 0 Å². The van der Waals surface area contributed by atoms with Crippen LogP contribution in [0.25, 0.3) is 10.8 Å². The number of aliphatic hydroxyl groups is 1. The zero-order chi connectivity index (χ0) is 24.6. The van der Waals surface area contributed by atoms with Gasteiger partial charge in [0.05, 0.1) is 16.6 Å². The lowest BCUT2D eigenvalue weighted by molar-refractivity contribution is -0.139. The second-order valence-electron chi connectivity index (χ2n) is 9.86. The lowest BCUT2D eigenvalue weighted by Gasteiger charge is -2.34. The third-order valence-electron chi connectivity index (χ3n) is 7.72. The van der Waals surface area contributed by atoms with Gasteiger partial charge in [0, 0.05) is 30.6 Å². The first-order valence-corrected chi connectivity index (χ1v) is 13.5. The molecule has 35 heavy (non-hydrogen) atoms. The molecule has 5 rings (SSSR count). The van der Waals surface area contributed by atoms with Gasteiger partial charge in [0.25, 0.3) is 0 Å². The maximum absolute atomic E-state index is 13.8. The number of likely N-dealkylation sites (tertiary alicyclic amines) is 1. The fourth-order valence-electron chi connectivity index (χ4n) is 6.23. The highest BCUT2D eigenvalue weighted by Crippen LogP contribution is 2.66. The number of carbonyl (C=O) groups excluding carboxylic acids is 3. The Labute approximate surface area is 210 Å². The standard InChI is InChI=1S/C27H33N3O4S/c1-2-13-28-24(32)21-20-11-12-27(35-20)22(21)26(34)30(14-5-6-15-31)23(27)25(33)29-19-10-9-17-7-3-4-8-18(17)16-19/h3-4,7-10,16,20-23,31H,2,5-6,11-15H2,1H3,(H,28,32)(H,29,33)/t20-,21+,22+,23?,27?/m1/s1. The summed E-state index contributed by atoms with van der Waals surface area (Å²) in [6.45, 7) is 3.05. The van der Waals surface area contributed by atoms with Crippen LogP contribution in [0.4, 0.5) is 5.69 Å². The Morgan fingerprint density at radius 1 is 1.14 bits per heavy atom. The van der Waals surface area contributed by atoms with Crippen molar-refractivity contribution in [2.45, 2.75) is 55.1 Å². The lowest BCUT2D eigenvalue weighted by Crippen LogP contribution is -2.51. The minimum absolute atomic E-state index is 0.0451. The predicted molar refractivity (Wildman–Crippen MR) is 138 cm³/mol. The highest BCUT2D eigenvalue weighted by molar-refractivity contribution is 8.02. The van der Waals surface area contributed by atoms with E-state index < -0.39 is 22.6 Å². The summed E-state index contributed by atoms with van der Waals surface area (Å²) in [5.41, 5.74) is 0.700. The number of thioether (sulfide) groups is 1. The molecule has 0 aromatic heterocycles. The van der Waals surface area contributed by atoms with Crippen LogP contribution < -0.4 is 10.6 Å². The maximum Gasteiger partial charge on any atom is 0.248 e. The van der Waals surface area contributed by atoms with Gasteiger partial charge < -0.3 is 20.6 Å². The van der Waals surface area contributed by atoms with Crippen molar-refractivity contribution in [1.82, 2.24) is 10.2 Å². The smallest absolute Gasteiger partial charge is 0.248 e. The van der Waals surface area contributed by atoms with Crippen molar-refractivity contribution < 1.29 is 19.5 Å². The topological polar surface area (TPSA) is 98.7 Å². The largest absolute Gasteiger partial charge is 0.396 e. The molecule has 3 aliphatic rings. The summed E-state index contributed by atoms with van der Waals surface area (Å²) in [4.78, 5) is 42.4. The number of hydrogen-bond acceptors (Lipinski definition) is 5. The van der Waals surface area contributed by atoms with E-state index in [0.717, 1.165) is 30.0 Å². The van der Waals surface area contributed by atoms with Gasteiger partial charge in [-0.15, -0.1) is 11.8 Å². The van der Waals surface area contributed by atoms with Crippen molar-refractivity contribution >= 4 is 45.9 Å². The summed E-state index contributed by atoms with van der Waals surface area (Å²) in [5.74, 6) is -1.22. The van der Waals surface area contributed by atoms with E-state index >= 15 is 0 Å². The number of unbranched alkanes of at least 4 members (excludes halogenated alkanes) is 1. The molecule has 2 unspecified atom stereocenters. The Morgan fingerprint density at radius 3 is 2.71 bits per heavy atom. The fourth-order valence-corrected chi connectivity index (χ4v) is 8.45. The molecule has 3 saturated heterocycles. The van der Waals surface area contributed by atoms with E-state index in [4.69, 9.17) is 0 Å². The van der Waals surface area contributed by atoms with E-state index in [-0.39, 0.29) is 29.6 Å². The molecule has 2 aromatic carbocycles. The van der Waals surface area contributed by atoms with Gasteiger partial charge >= 0.3 is 0 Å². The minimum Gasteiger partial charge on any atom is -0.396 e. The van der Waals surface area contributed by atoms with Crippen LogP contribution >= 0.6 is 11.8 Å². The number of anilines is 1. The molecule has 8 heteroatoms. The highest BCUT2D eigenvalue weighted by Gasteiger charge is 2.73. The summed E-state index contributed by atoms with van der Waals surface area (Å²) in [7, 11) is 0. The Hall–Kier alpha value is -2.58. The molecule has 1 spiro atoms. The van der Waals surface area contributed by atoms with Crippen LogP contribution in [-0.4, -0.2) is 63.5 Å². The summed E-state index contributed by atoms with van der Waals surface area (Å²) in [6.07, 6.45) is 3.61. The number of nitrogens with zero attached hydrogens (tertiary/aromatic N) is 1. The van der Waals surface area contributed by atoms with E-state index in [9.17, 15) is 19.5 Å². The number of fused-ring (bicyclic) bond motifs is 2. The van der Waals surface area contributed by atoms with E-state index in [2.05, 4.69) is 10.6 Å². The number of amides is 3. The first-order chi connectivity index (χ1) is 17.0. The summed E-state index contributed by atoms with van der Waals surface area (Å²) < 4.78 is -0.587. The van der Waals surface area contributed by atoms with Gasteiger partial charge in [-0.1, -0.05) is 37.3 Å². The molecule has 3 aliphatic heterocycles. The third-order valence-corrected chi connectivity index (χ3v) is 9.68. The van der Waals surface area contributed by atoms with Gasteiger partial charge in [0.2, 0.25) is 17.7 Å². The Balaban J connectivity index is 1.45. The number of aliphatic hydroxyl groups excluding tert-OH is 1. The molecule has 0 aliphatic carbocycles. The number of carbonyl (C=O) groups is 3. The van der Waals surface area contributed by atoms with Crippen LogP contribution in [0.2, 0.25) is 0 Å². The van der Waals surface area contributed by atoms with Gasteiger partial charge in [-0.3, -0.25) is 14.4 Å². The van der Waals surface area contributed by atoms with Crippen LogP contribution in [-0.2, 0) is 14.4 Å². The molecule has 7 nitrogen and oxygen atoms in total. The zero-order valence-electron chi connectivity index (χ0n) is 20.0. The second kappa shape index (κ2) is 9.82. The summed E-state index contributed by atoms with van der Waals surface area (Å²) in [6, 6.07) is 13.2. The van der Waals surface area contributed by atoms with E-state index in [0.29, 0.717) is 31.6 Å². The predicted octanol–water partition coefficient (Wildman–Crippen LogP) is 3.17. The molecule has 2 bridgehead atoms. The normalized spacial score (nSPS) is 29.0.